The van der Waals surface area contributed by atoms with Gasteiger partial charge in [0.2, 0.25) is 0 Å². The molecular formula is C19H27N3O2. The third kappa shape index (κ3) is 4.15. The number of carboxylic acids is 1. The highest BCUT2D eigenvalue weighted by Crippen LogP contribution is 2.30. The number of likely N-dealkylation sites (tertiary alicyclic amines) is 1. The van der Waals surface area contributed by atoms with Gasteiger partial charge in [0.15, 0.2) is 0 Å². The molecule has 5 nitrogen and oxygen atoms in total. The van der Waals surface area contributed by atoms with Gasteiger partial charge in [-0.05, 0) is 42.9 Å². The molecule has 0 aliphatic carbocycles. The molecule has 1 fully saturated rings. The van der Waals surface area contributed by atoms with Crippen LogP contribution in [0.2, 0.25) is 0 Å². The molecular weight excluding hydrogens is 302 g/mol. The van der Waals surface area contributed by atoms with Gasteiger partial charge in [0, 0.05) is 25.9 Å². The molecule has 2 atom stereocenters. The van der Waals surface area contributed by atoms with Crippen LogP contribution in [0.5, 0.6) is 0 Å². The summed E-state index contributed by atoms with van der Waals surface area (Å²) in [5.74, 6) is 1.50. The number of hydrogen-bond donors (Lipinski definition) is 2. The largest absolute Gasteiger partial charge is 0.481 e. The molecule has 1 saturated heterocycles. The summed E-state index contributed by atoms with van der Waals surface area (Å²) in [6.07, 6.45) is 2.05. The number of nitrogens with zero attached hydrogens (tertiary/aromatic N) is 2. The van der Waals surface area contributed by atoms with E-state index in [4.69, 9.17) is 0 Å². The van der Waals surface area contributed by atoms with Gasteiger partial charge in [-0.3, -0.25) is 4.79 Å². The summed E-state index contributed by atoms with van der Waals surface area (Å²) >= 11 is 0. The molecule has 2 heterocycles. The predicted octanol–water partition coefficient (Wildman–Crippen LogP) is 3.17. The zero-order valence-electron chi connectivity index (χ0n) is 14.5. The molecule has 130 valence electrons. The van der Waals surface area contributed by atoms with Gasteiger partial charge in [-0.15, -0.1) is 0 Å². The average molecular weight is 329 g/mol. The predicted molar refractivity (Wildman–Crippen MR) is 94.9 cm³/mol. The van der Waals surface area contributed by atoms with E-state index in [1.165, 1.54) is 0 Å². The van der Waals surface area contributed by atoms with Gasteiger partial charge in [0.1, 0.15) is 5.82 Å². The maximum Gasteiger partial charge on any atom is 0.303 e. The molecule has 0 saturated carbocycles. The normalized spacial score (nSPS) is 22.3. The smallest absolute Gasteiger partial charge is 0.303 e. The molecule has 1 aromatic carbocycles. The Balaban J connectivity index is 1.74. The molecule has 1 aromatic heterocycles. The molecule has 0 spiro atoms. The number of carboxylic acid groups (broad SMARTS) is 1. The molecule has 0 amide bonds. The zero-order valence-corrected chi connectivity index (χ0v) is 14.5. The Hall–Kier alpha value is -1.88. The van der Waals surface area contributed by atoms with Crippen molar-refractivity contribution in [2.24, 2.45) is 17.8 Å². The van der Waals surface area contributed by atoms with E-state index in [-0.39, 0.29) is 12.3 Å². The van der Waals surface area contributed by atoms with Crippen LogP contribution >= 0.6 is 0 Å². The fourth-order valence-electron chi connectivity index (χ4n) is 3.91. The Morgan fingerprint density at radius 1 is 1.38 bits per heavy atom. The molecule has 24 heavy (non-hydrogen) atoms. The lowest BCUT2D eigenvalue weighted by molar-refractivity contribution is -0.139. The van der Waals surface area contributed by atoms with Crippen LogP contribution < -0.4 is 0 Å². The third-order valence-electron chi connectivity index (χ3n) is 4.93. The highest BCUT2D eigenvalue weighted by Gasteiger charge is 2.31. The first-order valence-corrected chi connectivity index (χ1v) is 8.89. The molecule has 0 bridgehead atoms. The molecule has 0 radical (unpaired) electrons. The Bertz CT molecular complexity index is 662. The lowest BCUT2D eigenvalue weighted by Gasteiger charge is -2.38. The fourth-order valence-corrected chi connectivity index (χ4v) is 3.91. The van der Waals surface area contributed by atoms with Crippen LogP contribution in [0.25, 0.3) is 11.0 Å². The van der Waals surface area contributed by atoms with Crippen LogP contribution in [0.1, 0.15) is 32.5 Å². The number of piperidine rings is 1. The highest BCUT2D eigenvalue weighted by molar-refractivity contribution is 5.74. The number of hydrogen-bond acceptors (Lipinski definition) is 3. The van der Waals surface area contributed by atoms with Crippen LogP contribution in [0, 0.1) is 17.8 Å². The van der Waals surface area contributed by atoms with E-state index in [0.29, 0.717) is 11.8 Å². The minimum absolute atomic E-state index is 0.235. The van der Waals surface area contributed by atoms with Crippen LogP contribution in [-0.2, 0) is 11.2 Å². The van der Waals surface area contributed by atoms with Gasteiger partial charge in [-0.1, -0.05) is 26.0 Å². The van der Waals surface area contributed by atoms with Crippen molar-refractivity contribution in [3.8, 4) is 0 Å². The Morgan fingerprint density at radius 3 is 2.88 bits per heavy atom. The van der Waals surface area contributed by atoms with Crippen molar-refractivity contribution in [3.63, 3.8) is 0 Å². The van der Waals surface area contributed by atoms with Gasteiger partial charge in [0.05, 0.1) is 11.0 Å². The second kappa shape index (κ2) is 7.34. The van der Waals surface area contributed by atoms with Crippen molar-refractivity contribution in [1.82, 2.24) is 14.9 Å². The number of rotatable bonds is 6. The van der Waals surface area contributed by atoms with E-state index in [9.17, 15) is 9.90 Å². The second-order valence-electron chi connectivity index (χ2n) is 7.46. The Labute approximate surface area is 143 Å². The first-order valence-electron chi connectivity index (χ1n) is 8.89. The van der Waals surface area contributed by atoms with E-state index < -0.39 is 5.97 Å². The molecule has 3 rings (SSSR count). The van der Waals surface area contributed by atoms with Gasteiger partial charge in [0.25, 0.3) is 0 Å². The molecule has 5 heteroatoms. The summed E-state index contributed by atoms with van der Waals surface area (Å²) in [5, 5.41) is 9.24. The summed E-state index contributed by atoms with van der Waals surface area (Å²) in [5.41, 5.74) is 2.04. The van der Waals surface area contributed by atoms with Gasteiger partial charge in [-0.2, -0.15) is 0 Å². The standard InChI is InChI=1S/C19H27N3O2/c1-13(2)11-22-8-7-14(10-19(23)24)15(12-22)9-18-20-16-5-3-4-6-17(16)21-18/h3-6,13-15H,7-12H2,1-2H3,(H,20,21)(H,23,24)/t14-,15-/m0/s1. The van der Waals surface area contributed by atoms with E-state index in [0.717, 1.165) is 49.3 Å². The molecule has 1 aliphatic rings. The van der Waals surface area contributed by atoms with E-state index in [1.54, 1.807) is 0 Å². The first kappa shape index (κ1) is 17.0. The number of fused-ring (bicyclic) bond motifs is 1. The number of nitrogens with one attached hydrogen (secondary N) is 1. The quantitative estimate of drug-likeness (QED) is 0.854. The van der Waals surface area contributed by atoms with E-state index in [1.807, 2.05) is 24.3 Å². The van der Waals surface area contributed by atoms with Crippen molar-refractivity contribution in [1.29, 1.82) is 0 Å². The van der Waals surface area contributed by atoms with Crippen LogP contribution in [0.15, 0.2) is 24.3 Å². The Morgan fingerprint density at radius 2 is 2.17 bits per heavy atom. The lowest BCUT2D eigenvalue weighted by atomic mass is 9.81. The van der Waals surface area contributed by atoms with Gasteiger partial charge >= 0.3 is 5.97 Å². The van der Waals surface area contributed by atoms with Crippen LogP contribution in [-0.4, -0.2) is 45.6 Å². The maximum atomic E-state index is 11.2. The third-order valence-corrected chi connectivity index (χ3v) is 4.93. The van der Waals surface area contributed by atoms with Crippen LogP contribution in [0.3, 0.4) is 0 Å². The second-order valence-corrected chi connectivity index (χ2v) is 7.46. The van der Waals surface area contributed by atoms with Crippen molar-refractivity contribution < 1.29 is 9.90 Å². The lowest BCUT2D eigenvalue weighted by Crippen LogP contribution is -2.43. The number of imidazole rings is 1. The first-order chi connectivity index (χ1) is 11.5. The maximum absolute atomic E-state index is 11.2. The number of aromatic nitrogens is 2. The number of H-pyrrole nitrogens is 1. The van der Waals surface area contributed by atoms with Crippen molar-refractivity contribution in [2.45, 2.75) is 33.1 Å². The molecule has 0 unspecified atom stereocenters. The summed E-state index contributed by atoms with van der Waals surface area (Å²) in [4.78, 5) is 21.8. The van der Waals surface area contributed by atoms with Gasteiger partial charge < -0.3 is 15.0 Å². The summed E-state index contributed by atoms with van der Waals surface area (Å²) < 4.78 is 0. The van der Waals surface area contributed by atoms with Crippen molar-refractivity contribution in [2.75, 3.05) is 19.6 Å². The number of carbonyl (C=O) groups is 1. The summed E-state index contributed by atoms with van der Waals surface area (Å²) in [7, 11) is 0. The van der Waals surface area contributed by atoms with E-state index in [2.05, 4.69) is 28.7 Å². The molecule has 1 aliphatic heterocycles. The minimum atomic E-state index is -0.688. The number of benzene rings is 1. The fraction of sp³-hybridized carbons (Fsp3) is 0.579. The SMILES string of the molecule is CC(C)CN1CC[C@@H](CC(=O)O)[C@@H](Cc2nc3ccccc3[nH]2)C1. The van der Waals surface area contributed by atoms with Crippen molar-refractivity contribution in [3.05, 3.63) is 30.1 Å². The number of aliphatic carboxylic acids is 1. The number of para-hydroxylation sites is 2. The Kier molecular flexibility index (Phi) is 5.19. The molecule has 2 aromatic rings. The van der Waals surface area contributed by atoms with E-state index >= 15 is 0 Å². The highest BCUT2D eigenvalue weighted by atomic mass is 16.4. The summed E-state index contributed by atoms with van der Waals surface area (Å²) in [6, 6.07) is 8.04. The average Bonchev–Trinajstić information content (AvgIpc) is 2.91. The molecule has 2 N–H and O–H groups in total. The van der Waals surface area contributed by atoms with Crippen LogP contribution in [0.4, 0.5) is 0 Å². The van der Waals surface area contributed by atoms with Gasteiger partial charge in [-0.25, -0.2) is 4.98 Å². The number of aromatic amines is 1. The minimum Gasteiger partial charge on any atom is -0.481 e. The van der Waals surface area contributed by atoms with Crippen molar-refractivity contribution >= 4 is 17.0 Å². The zero-order chi connectivity index (χ0) is 17.1. The summed E-state index contributed by atoms with van der Waals surface area (Å²) in [6.45, 7) is 7.52. The monoisotopic (exact) mass is 329 g/mol. The topological polar surface area (TPSA) is 69.2 Å².